The number of hydrogen-bond acceptors (Lipinski definition) is 3. The molecule has 1 aromatic carbocycles. The number of nitrogens with zero attached hydrogens (tertiary/aromatic N) is 2. The number of hydrogen-bond donors (Lipinski definition) is 1. The molecule has 0 spiro atoms. The van der Waals surface area contributed by atoms with Gasteiger partial charge in [0, 0.05) is 6.54 Å². The van der Waals surface area contributed by atoms with Crippen LogP contribution in [-0.2, 0) is 16.6 Å². The van der Waals surface area contributed by atoms with Crippen LogP contribution < -0.4 is 9.64 Å². The van der Waals surface area contributed by atoms with Crippen molar-refractivity contribution in [3.8, 4) is 5.75 Å². The molecule has 0 atom stereocenters. The molecule has 25 heavy (non-hydrogen) atoms. The number of amides is 1. The number of nitrogens with one attached hydrogen (secondary N) is 1. The number of carbonyl (C=O) groups excluding carboxylic acids is 1. The molecule has 1 amide bonds. The molecular formula is C17H16F3N3O2. The molecule has 1 N–H and O–H groups in total. The summed E-state index contributed by atoms with van der Waals surface area (Å²) in [5, 5.41) is 6.90. The number of ether oxygens (including phenoxy) is 1. The fraction of sp³-hybridized carbons (Fsp3) is 0.412. The lowest BCUT2D eigenvalue weighted by Crippen LogP contribution is -2.42. The number of aromatic amines is 1. The number of rotatable bonds is 3. The Morgan fingerprint density at radius 1 is 1.32 bits per heavy atom. The normalized spacial score (nSPS) is 18.6. The van der Waals surface area contributed by atoms with E-state index in [9.17, 15) is 18.0 Å². The highest BCUT2D eigenvalue weighted by Crippen LogP contribution is 2.51. The molecule has 1 aliphatic heterocycles. The third kappa shape index (κ3) is 2.85. The second-order valence-electron chi connectivity index (χ2n) is 6.45. The van der Waals surface area contributed by atoms with Crippen LogP contribution in [0.4, 0.5) is 18.9 Å². The fourth-order valence-electron chi connectivity index (χ4n) is 3.47. The SMILES string of the molecule is O=C(N1CCCc2[nH]ncc21)C1(c2cccc(OC(F)(F)F)c2)CC1. The average Bonchev–Trinajstić information content (AvgIpc) is 3.23. The molecule has 5 nitrogen and oxygen atoms in total. The highest BCUT2D eigenvalue weighted by molar-refractivity contribution is 6.03. The minimum absolute atomic E-state index is 0.0843. The topological polar surface area (TPSA) is 58.2 Å². The van der Waals surface area contributed by atoms with Crippen LogP contribution in [-0.4, -0.2) is 29.0 Å². The molecule has 1 fully saturated rings. The van der Waals surface area contributed by atoms with Crippen molar-refractivity contribution in [2.24, 2.45) is 0 Å². The van der Waals surface area contributed by atoms with E-state index in [0.29, 0.717) is 24.9 Å². The van der Waals surface area contributed by atoms with Crippen LogP contribution in [0.3, 0.4) is 0 Å². The zero-order chi connectivity index (χ0) is 17.7. The molecule has 132 valence electrons. The number of benzene rings is 1. The summed E-state index contributed by atoms with van der Waals surface area (Å²) in [5.74, 6) is -0.384. The number of anilines is 1. The third-order valence-corrected chi connectivity index (χ3v) is 4.82. The predicted molar refractivity (Wildman–Crippen MR) is 83.3 cm³/mol. The Morgan fingerprint density at radius 3 is 2.84 bits per heavy atom. The Morgan fingerprint density at radius 2 is 2.12 bits per heavy atom. The van der Waals surface area contributed by atoms with Crippen LogP contribution >= 0.6 is 0 Å². The summed E-state index contributed by atoms with van der Waals surface area (Å²) in [7, 11) is 0. The predicted octanol–water partition coefficient (Wildman–Crippen LogP) is 3.32. The first kappa shape index (κ1) is 16.0. The van der Waals surface area contributed by atoms with Crippen molar-refractivity contribution < 1.29 is 22.7 Å². The molecule has 0 unspecified atom stereocenters. The summed E-state index contributed by atoms with van der Waals surface area (Å²) in [6.07, 6.45) is -0.227. The van der Waals surface area contributed by atoms with Crippen molar-refractivity contribution in [2.45, 2.75) is 37.5 Å². The van der Waals surface area contributed by atoms with Crippen LogP contribution in [0.15, 0.2) is 30.5 Å². The molecule has 8 heteroatoms. The van der Waals surface area contributed by atoms with Gasteiger partial charge >= 0.3 is 6.36 Å². The highest BCUT2D eigenvalue weighted by Gasteiger charge is 2.54. The quantitative estimate of drug-likeness (QED) is 0.923. The number of aromatic nitrogens is 2. The van der Waals surface area contributed by atoms with Gasteiger partial charge in [0.2, 0.25) is 5.91 Å². The molecule has 0 saturated heterocycles. The van der Waals surface area contributed by atoms with Gasteiger partial charge in [-0.2, -0.15) is 5.10 Å². The zero-order valence-electron chi connectivity index (χ0n) is 13.3. The number of H-pyrrole nitrogens is 1. The van der Waals surface area contributed by atoms with Crippen molar-refractivity contribution in [1.82, 2.24) is 10.2 Å². The number of carbonyl (C=O) groups is 1. The first-order valence-electron chi connectivity index (χ1n) is 8.10. The molecule has 1 aliphatic carbocycles. The summed E-state index contributed by atoms with van der Waals surface area (Å²) in [4.78, 5) is 14.9. The van der Waals surface area contributed by atoms with Crippen LogP contribution in [0.1, 0.15) is 30.5 Å². The van der Waals surface area contributed by atoms with Crippen molar-refractivity contribution in [2.75, 3.05) is 11.4 Å². The highest BCUT2D eigenvalue weighted by atomic mass is 19.4. The molecular weight excluding hydrogens is 335 g/mol. The van der Waals surface area contributed by atoms with Crippen LogP contribution in [0.5, 0.6) is 5.75 Å². The third-order valence-electron chi connectivity index (χ3n) is 4.82. The molecule has 1 aromatic heterocycles. The average molecular weight is 351 g/mol. The second-order valence-corrected chi connectivity index (χ2v) is 6.45. The van der Waals surface area contributed by atoms with Crippen molar-refractivity contribution in [3.05, 3.63) is 41.7 Å². The van der Waals surface area contributed by atoms with E-state index in [4.69, 9.17) is 0 Å². The summed E-state index contributed by atoms with van der Waals surface area (Å²) in [5.41, 5.74) is 1.49. The Kier molecular flexibility index (Phi) is 3.52. The molecule has 0 bridgehead atoms. The Hall–Kier alpha value is -2.51. The van der Waals surface area contributed by atoms with Gasteiger partial charge in [-0.05, 0) is 43.4 Å². The Labute approximate surface area is 141 Å². The summed E-state index contributed by atoms with van der Waals surface area (Å²) in [6, 6.07) is 5.74. The molecule has 2 aromatic rings. The maximum atomic E-state index is 13.2. The lowest BCUT2D eigenvalue weighted by atomic mass is 9.93. The first-order valence-corrected chi connectivity index (χ1v) is 8.10. The minimum atomic E-state index is -4.75. The number of fused-ring (bicyclic) bond motifs is 1. The van der Waals surface area contributed by atoms with E-state index in [1.165, 1.54) is 18.2 Å². The van der Waals surface area contributed by atoms with E-state index in [2.05, 4.69) is 14.9 Å². The van der Waals surface area contributed by atoms with Gasteiger partial charge in [-0.1, -0.05) is 12.1 Å². The van der Waals surface area contributed by atoms with Gasteiger partial charge in [-0.15, -0.1) is 13.2 Å². The monoisotopic (exact) mass is 351 g/mol. The number of alkyl halides is 3. The van der Waals surface area contributed by atoms with Gasteiger partial charge in [0.25, 0.3) is 0 Å². The van der Waals surface area contributed by atoms with E-state index < -0.39 is 11.8 Å². The van der Waals surface area contributed by atoms with Crippen molar-refractivity contribution in [3.63, 3.8) is 0 Å². The van der Waals surface area contributed by atoms with E-state index in [-0.39, 0.29) is 11.7 Å². The molecule has 4 rings (SSSR count). The van der Waals surface area contributed by atoms with Crippen LogP contribution in [0, 0.1) is 0 Å². The van der Waals surface area contributed by atoms with Gasteiger partial charge in [0.15, 0.2) is 0 Å². The summed E-state index contributed by atoms with van der Waals surface area (Å²) < 4.78 is 41.4. The standard InChI is InChI=1S/C17H16F3N3O2/c18-17(19,20)25-12-4-1-3-11(9-12)16(6-7-16)15(24)23-8-2-5-13-14(23)10-21-22-13/h1,3-4,9-10H,2,5-8H2,(H,21,22). The minimum Gasteiger partial charge on any atom is -0.406 e. The molecule has 2 heterocycles. The van der Waals surface area contributed by atoms with Crippen LogP contribution in [0.25, 0.3) is 0 Å². The van der Waals surface area contributed by atoms with Gasteiger partial charge in [0.05, 0.1) is 23.0 Å². The molecule has 2 aliphatic rings. The summed E-state index contributed by atoms with van der Waals surface area (Å²) >= 11 is 0. The van der Waals surface area contributed by atoms with Gasteiger partial charge in [-0.3, -0.25) is 9.89 Å². The van der Waals surface area contributed by atoms with Gasteiger partial charge in [0.1, 0.15) is 5.75 Å². The smallest absolute Gasteiger partial charge is 0.406 e. The van der Waals surface area contributed by atoms with Crippen LogP contribution in [0.2, 0.25) is 0 Å². The molecule has 0 radical (unpaired) electrons. The number of halogens is 3. The van der Waals surface area contributed by atoms with E-state index in [0.717, 1.165) is 24.2 Å². The first-order chi connectivity index (χ1) is 11.9. The van der Waals surface area contributed by atoms with Gasteiger partial charge < -0.3 is 9.64 Å². The Bertz CT molecular complexity index is 811. The fourth-order valence-corrected chi connectivity index (χ4v) is 3.47. The second kappa shape index (κ2) is 5.50. The lowest BCUT2D eigenvalue weighted by Gasteiger charge is -2.30. The largest absolute Gasteiger partial charge is 0.573 e. The number of aryl methyl sites for hydroxylation is 1. The Balaban J connectivity index is 1.63. The van der Waals surface area contributed by atoms with Gasteiger partial charge in [-0.25, -0.2) is 0 Å². The van der Waals surface area contributed by atoms with Crippen molar-refractivity contribution >= 4 is 11.6 Å². The van der Waals surface area contributed by atoms with E-state index in [1.54, 1.807) is 17.2 Å². The van der Waals surface area contributed by atoms with E-state index >= 15 is 0 Å². The van der Waals surface area contributed by atoms with E-state index in [1.807, 2.05) is 0 Å². The zero-order valence-corrected chi connectivity index (χ0v) is 13.3. The summed E-state index contributed by atoms with van der Waals surface area (Å²) in [6.45, 7) is 0.589. The lowest BCUT2D eigenvalue weighted by molar-refractivity contribution is -0.274. The maximum absolute atomic E-state index is 13.2. The molecule has 1 saturated carbocycles. The maximum Gasteiger partial charge on any atom is 0.573 e. The van der Waals surface area contributed by atoms with Crippen molar-refractivity contribution in [1.29, 1.82) is 0 Å².